The first-order valence-corrected chi connectivity index (χ1v) is 14.7. The van der Waals surface area contributed by atoms with Crippen LogP contribution in [0.4, 0.5) is 0 Å². The average Bonchev–Trinajstić information content (AvgIpc) is 3.75. The predicted molar refractivity (Wildman–Crippen MR) is 177 cm³/mol. The third-order valence-corrected chi connectivity index (χ3v) is 8.51. The first-order chi connectivity index (χ1) is 22.3. The normalized spacial score (nSPS) is 12.0. The third-order valence-electron chi connectivity index (χ3n) is 8.51. The number of hydrogen-bond acceptors (Lipinski definition) is 6. The van der Waals surface area contributed by atoms with Crippen LogP contribution >= 0.6 is 0 Å². The Morgan fingerprint density at radius 3 is 1.69 bits per heavy atom. The zero-order chi connectivity index (χ0) is 29.5. The van der Waals surface area contributed by atoms with E-state index in [1.165, 1.54) is 0 Å². The van der Waals surface area contributed by atoms with E-state index >= 15 is 0 Å². The molecule has 0 radical (unpaired) electrons. The van der Waals surface area contributed by atoms with Gasteiger partial charge >= 0.3 is 0 Å². The van der Waals surface area contributed by atoms with Crippen LogP contribution in [0.2, 0.25) is 0 Å². The van der Waals surface area contributed by atoms with E-state index in [1.807, 2.05) is 59.2 Å². The summed E-state index contributed by atoms with van der Waals surface area (Å²) < 4.78 is 10.2. The highest BCUT2D eigenvalue weighted by molar-refractivity contribution is 6.09. The van der Waals surface area contributed by atoms with Gasteiger partial charge in [-0.15, -0.1) is 0 Å². The Balaban J connectivity index is 1.32. The highest BCUT2D eigenvalue weighted by Gasteiger charge is 2.21. The van der Waals surface area contributed by atoms with Gasteiger partial charge in [-0.3, -0.25) is 4.57 Å². The Morgan fingerprint density at radius 2 is 1.00 bits per heavy atom. The molecule has 8 heteroatoms. The number of nitrogens with zero attached hydrogens (tertiary/aromatic N) is 7. The lowest BCUT2D eigenvalue weighted by atomic mass is 10.1. The Hall–Kier alpha value is -6.41. The molecule has 0 amide bonds. The monoisotopic (exact) mass is 579 g/mol. The summed E-state index contributed by atoms with van der Waals surface area (Å²) in [6.45, 7) is 0. The average molecular weight is 580 g/mol. The van der Waals surface area contributed by atoms with Crippen molar-refractivity contribution in [1.29, 1.82) is 0 Å². The first-order valence-electron chi connectivity index (χ1n) is 14.7. The molecule has 0 atom stereocenters. The third kappa shape index (κ3) is 3.44. The minimum atomic E-state index is 0.436. The molecule has 0 aliphatic rings. The topological polar surface area (TPSA) is 87.5 Å². The molecule has 0 fully saturated rings. The van der Waals surface area contributed by atoms with Gasteiger partial charge in [-0.05, 0) is 60.7 Å². The standard InChI is InChI=1S/C37H21N7O/c1-4-14-29-23(9-1)24-10-2-5-15-30(24)43(29)36-40-33(22-17-18-32-28(21-22)25-11-3-6-16-31(25)45-32)41-37(42-36)44-34-26(12-7-19-38-34)27-13-8-20-39-35(27)44/h1-21H. The number of fused-ring (bicyclic) bond motifs is 9. The van der Waals surface area contributed by atoms with Crippen molar-refractivity contribution in [3.8, 4) is 23.3 Å². The summed E-state index contributed by atoms with van der Waals surface area (Å²) in [5, 5.41) is 6.26. The van der Waals surface area contributed by atoms with Crippen molar-refractivity contribution in [2.75, 3.05) is 0 Å². The largest absolute Gasteiger partial charge is 0.456 e. The summed E-state index contributed by atoms with van der Waals surface area (Å²) in [4.78, 5) is 24.9. The van der Waals surface area contributed by atoms with Crippen molar-refractivity contribution >= 4 is 65.8 Å². The van der Waals surface area contributed by atoms with Gasteiger partial charge < -0.3 is 4.42 Å². The molecule has 6 heterocycles. The molecule has 0 bridgehead atoms. The number of aromatic nitrogens is 7. The van der Waals surface area contributed by atoms with Gasteiger partial charge in [0, 0.05) is 50.3 Å². The van der Waals surface area contributed by atoms with Crippen molar-refractivity contribution in [1.82, 2.24) is 34.1 Å². The van der Waals surface area contributed by atoms with Crippen LogP contribution in [-0.4, -0.2) is 34.1 Å². The van der Waals surface area contributed by atoms with Crippen molar-refractivity contribution in [3.63, 3.8) is 0 Å². The quantitative estimate of drug-likeness (QED) is 0.209. The summed E-state index contributed by atoms with van der Waals surface area (Å²) in [6, 6.07) is 38.8. The van der Waals surface area contributed by atoms with Crippen LogP contribution in [0, 0.1) is 0 Å². The maximum Gasteiger partial charge on any atom is 0.242 e. The molecule has 0 aliphatic heterocycles. The zero-order valence-corrected chi connectivity index (χ0v) is 23.7. The Labute approximate surface area is 254 Å². The van der Waals surface area contributed by atoms with Gasteiger partial charge in [0.15, 0.2) is 5.82 Å². The second-order valence-corrected chi connectivity index (χ2v) is 11.0. The molecule has 10 aromatic rings. The summed E-state index contributed by atoms with van der Waals surface area (Å²) in [6.07, 6.45) is 3.57. The Bertz CT molecular complexity index is 2550. The van der Waals surface area contributed by atoms with E-state index in [9.17, 15) is 0 Å². The molecule has 4 aromatic carbocycles. The summed E-state index contributed by atoms with van der Waals surface area (Å²) in [5.74, 6) is 1.48. The fraction of sp³-hybridized carbons (Fsp3) is 0. The van der Waals surface area contributed by atoms with E-state index in [-0.39, 0.29) is 0 Å². The fourth-order valence-electron chi connectivity index (χ4n) is 6.55. The van der Waals surface area contributed by atoms with Gasteiger partial charge in [-0.1, -0.05) is 54.6 Å². The van der Waals surface area contributed by atoms with Crippen LogP contribution in [0.1, 0.15) is 0 Å². The molecule has 0 unspecified atom stereocenters. The lowest BCUT2D eigenvalue weighted by Gasteiger charge is -2.12. The second kappa shape index (κ2) is 9.05. The maximum atomic E-state index is 6.12. The zero-order valence-electron chi connectivity index (χ0n) is 23.7. The number of rotatable bonds is 3. The molecular weight excluding hydrogens is 558 g/mol. The van der Waals surface area contributed by atoms with Gasteiger partial charge in [0.2, 0.25) is 11.9 Å². The SMILES string of the molecule is c1ccc2c(c1)oc1ccc(-c3nc(-n4c5ccccc5c5ccccc54)nc(-n4c5ncccc5c5cccnc54)n3)cc12. The predicted octanol–water partition coefficient (Wildman–Crippen LogP) is 8.42. The smallest absolute Gasteiger partial charge is 0.242 e. The lowest BCUT2D eigenvalue weighted by molar-refractivity contribution is 0.669. The summed E-state index contributed by atoms with van der Waals surface area (Å²) >= 11 is 0. The Kier molecular flexibility index (Phi) is 4.84. The molecule has 10 rings (SSSR count). The van der Waals surface area contributed by atoms with Gasteiger partial charge in [-0.2, -0.15) is 15.0 Å². The van der Waals surface area contributed by atoms with Gasteiger partial charge in [0.25, 0.3) is 0 Å². The van der Waals surface area contributed by atoms with Gasteiger partial charge in [0.05, 0.1) is 11.0 Å². The van der Waals surface area contributed by atoms with Crippen LogP contribution in [0.5, 0.6) is 0 Å². The first kappa shape index (κ1) is 24.1. The number of benzene rings is 4. The van der Waals surface area contributed by atoms with Crippen LogP contribution < -0.4 is 0 Å². The highest BCUT2D eigenvalue weighted by Crippen LogP contribution is 2.35. The van der Waals surface area contributed by atoms with Crippen LogP contribution in [0.3, 0.4) is 0 Å². The van der Waals surface area contributed by atoms with E-state index < -0.39 is 0 Å². The summed E-state index contributed by atoms with van der Waals surface area (Å²) in [5.41, 5.74) is 5.98. The second-order valence-electron chi connectivity index (χ2n) is 11.0. The molecule has 0 N–H and O–H groups in total. The molecular formula is C37H21N7O. The molecule has 0 spiro atoms. The molecule has 0 saturated carbocycles. The number of hydrogen-bond donors (Lipinski definition) is 0. The number of pyridine rings is 2. The van der Waals surface area contributed by atoms with E-state index in [1.54, 1.807) is 12.4 Å². The van der Waals surface area contributed by atoms with Crippen LogP contribution in [0.15, 0.2) is 132 Å². The van der Waals surface area contributed by atoms with E-state index in [0.29, 0.717) is 17.7 Å². The van der Waals surface area contributed by atoms with Gasteiger partial charge in [-0.25, -0.2) is 14.5 Å². The van der Waals surface area contributed by atoms with Crippen LogP contribution in [0.25, 0.3) is 89.1 Å². The maximum absolute atomic E-state index is 6.12. The molecule has 6 aromatic heterocycles. The molecule has 210 valence electrons. The van der Waals surface area contributed by atoms with E-state index in [0.717, 1.165) is 71.4 Å². The number of furan rings is 1. The van der Waals surface area contributed by atoms with Gasteiger partial charge in [0.1, 0.15) is 22.5 Å². The number of para-hydroxylation sites is 3. The van der Waals surface area contributed by atoms with Crippen molar-refractivity contribution in [2.45, 2.75) is 0 Å². The van der Waals surface area contributed by atoms with E-state index in [4.69, 9.17) is 29.3 Å². The molecule has 45 heavy (non-hydrogen) atoms. The Morgan fingerprint density at radius 1 is 0.444 bits per heavy atom. The van der Waals surface area contributed by atoms with Crippen molar-refractivity contribution in [3.05, 3.63) is 128 Å². The fourth-order valence-corrected chi connectivity index (χ4v) is 6.55. The highest BCUT2D eigenvalue weighted by atomic mass is 16.3. The summed E-state index contributed by atoms with van der Waals surface area (Å²) in [7, 11) is 0. The van der Waals surface area contributed by atoms with E-state index in [2.05, 4.69) is 65.2 Å². The minimum Gasteiger partial charge on any atom is -0.456 e. The lowest BCUT2D eigenvalue weighted by Crippen LogP contribution is -2.10. The van der Waals surface area contributed by atoms with Crippen molar-refractivity contribution in [2.24, 2.45) is 0 Å². The molecule has 8 nitrogen and oxygen atoms in total. The van der Waals surface area contributed by atoms with Crippen LogP contribution in [-0.2, 0) is 0 Å². The minimum absolute atomic E-state index is 0.436. The van der Waals surface area contributed by atoms with Crippen molar-refractivity contribution < 1.29 is 4.42 Å². The molecule has 0 aliphatic carbocycles. The molecule has 0 saturated heterocycles.